The average molecular weight is 277 g/mol. The van der Waals surface area contributed by atoms with E-state index in [2.05, 4.69) is 18.7 Å². The van der Waals surface area contributed by atoms with E-state index in [4.69, 9.17) is 9.84 Å². The van der Waals surface area contributed by atoms with Crippen molar-refractivity contribution in [2.24, 2.45) is 5.41 Å². The van der Waals surface area contributed by atoms with E-state index in [-0.39, 0.29) is 5.56 Å². The number of hydrogen-bond acceptors (Lipinski definition) is 3. The number of carboxylic acids is 1. The fourth-order valence-electron chi connectivity index (χ4n) is 2.59. The van der Waals surface area contributed by atoms with Crippen LogP contribution in [0.25, 0.3) is 0 Å². The van der Waals surface area contributed by atoms with Crippen LogP contribution in [0.3, 0.4) is 0 Å². The molecule has 1 N–H and O–H groups in total. The van der Waals surface area contributed by atoms with Crippen molar-refractivity contribution in [3.05, 3.63) is 29.3 Å². The lowest BCUT2D eigenvalue weighted by molar-refractivity contribution is 0.0693. The van der Waals surface area contributed by atoms with Crippen LogP contribution in [0.15, 0.2) is 18.2 Å². The highest BCUT2D eigenvalue weighted by Crippen LogP contribution is 2.30. The Morgan fingerprint density at radius 1 is 1.35 bits per heavy atom. The minimum atomic E-state index is -0.951. The molecule has 1 aliphatic rings. The summed E-state index contributed by atoms with van der Waals surface area (Å²) >= 11 is 0. The molecule has 0 amide bonds. The molecule has 0 radical (unpaired) electrons. The first-order chi connectivity index (χ1) is 9.41. The van der Waals surface area contributed by atoms with Crippen molar-refractivity contribution in [3.8, 4) is 5.75 Å². The summed E-state index contributed by atoms with van der Waals surface area (Å²) in [6.45, 7) is 7.67. The summed E-state index contributed by atoms with van der Waals surface area (Å²) in [7, 11) is 1.51. The highest BCUT2D eigenvalue weighted by atomic mass is 16.5. The topological polar surface area (TPSA) is 49.8 Å². The molecule has 4 nitrogen and oxygen atoms in total. The van der Waals surface area contributed by atoms with Gasteiger partial charge >= 0.3 is 5.97 Å². The number of aromatic carboxylic acids is 1. The van der Waals surface area contributed by atoms with E-state index in [1.807, 2.05) is 12.1 Å². The predicted octanol–water partition coefficient (Wildman–Crippen LogP) is 3.02. The van der Waals surface area contributed by atoms with E-state index in [1.54, 1.807) is 6.07 Å². The number of rotatable bonds is 4. The summed E-state index contributed by atoms with van der Waals surface area (Å²) in [5.41, 5.74) is 1.77. The lowest BCUT2D eigenvalue weighted by Crippen LogP contribution is -2.36. The van der Waals surface area contributed by atoms with Crippen molar-refractivity contribution >= 4 is 5.97 Å². The van der Waals surface area contributed by atoms with Crippen LogP contribution in [-0.4, -0.2) is 36.2 Å². The van der Waals surface area contributed by atoms with Gasteiger partial charge in [0, 0.05) is 6.54 Å². The molecule has 1 aromatic rings. The van der Waals surface area contributed by atoms with E-state index in [0.717, 1.165) is 25.2 Å². The summed E-state index contributed by atoms with van der Waals surface area (Å²) in [5, 5.41) is 9.08. The fourth-order valence-corrected chi connectivity index (χ4v) is 2.59. The third kappa shape index (κ3) is 3.51. The normalized spacial score (nSPS) is 18.8. The molecule has 0 atom stereocenters. The largest absolute Gasteiger partial charge is 0.496 e. The van der Waals surface area contributed by atoms with Gasteiger partial charge in [0.05, 0.1) is 7.11 Å². The molecule has 1 aliphatic heterocycles. The Labute approximate surface area is 120 Å². The Morgan fingerprint density at radius 2 is 2.00 bits per heavy atom. The van der Waals surface area contributed by atoms with Gasteiger partial charge < -0.3 is 9.84 Å². The third-order valence-corrected chi connectivity index (χ3v) is 4.11. The maximum absolute atomic E-state index is 11.1. The molecule has 0 saturated carbocycles. The van der Waals surface area contributed by atoms with Gasteiger partial charge in [0.15, 0.2) is 0 Å². The smallest absolute Gasteiger partial charge is 0.339 e. The van der Waals surface area contributed by atoms with Crippen LogP contribution in [0.1, 0.15) is 42.6 Å². The molecule has 20 heavy (non-hydrogen) atoms. The molecule has 1 fully saturated rings. The molecule has 2 rings (SSSR count). The Hall–Kier alpha value is -1.55. The van der Waals surface area contributed by atoms with Crippen LogP contribution >= 0.6 is 0 Å². The molecule has 0 spiro atoms. The second-order valence-corrected chi connectivity index (χ2v) is 6.28. The van der Waals surface area contributed by atoms with Crippen LogP contribution in [0.4, 0.5) is 0 Å². The number of hydrogen-bond donors (Lipinski definition) is 1. The number of methoxy groups -OCH3 is 1. The van der Waals surface area contributed by atoms with Crippen LogP contribution in [0.5, 0.6) is 5.75 Å². The first kappa shape index (κ1) is 14.9. The molecule has 0 aromatic heterocycles. The highest BCUT2D eigenvalue weighted by Gasteiger charge is 2.25. The van der Waals surface area contributed by atoms with E-state index in [9.17, 15) is 4.79 Å². The van der Waals surface area contributed by atoms with Gasteiger partial charge in [-0.1, -0.05) is 19.9 Å². The van der Waals surface area contributed by atoms with E-state index in [1.165, 1.54) is 20.0 Å². The molecule has 0 aliphatic carbocycles. The van der Waals surface area contributed by atoms with Gasteiger partial charge in [0.25, 0.3) is 0 Å². The minimum absolute atomic E-state index is 0.219. The number of nitrogens with zero attached hydrogens (tertiary/aromatic N) is 1. The summed E-state index contributed by atoms with van der Waals surface area (Å²) < 4.78 is 5.17. The van der Waals surface area contributed by atoms with Crippen LogP contribution in [0.2, 0.25) is 0 Å². The van der Waals surface area contributed by atoms with Crippen molar-refractivity contribution in [1.29, 1.82) is 0 Å². The maximum atomic E-state index is 11.1. The number of carboxylic acid groups (broad SMARTS) is 1. The SMILES string of the molecule is COc1cc(CN2CCC(C)(C)CC2)ccc1C(=O)O. The van der Waals surface area contributed by atoms with Crippen molar-refractivity contribution < 1.29 is 14.6 Å². The Kier molecular flexibility index (Phi) is 4.33. The number of ether oxygens (including phenoxy) is 1. The van der Waals surface area contributed by atoms with Crippen molar-refractivity contribution in [2.45, 2.75) is 33.2 Å². The first-order valence-electron chi connectivity index (χ1n) is 7.04. The molecule has 1 saturated heterocycles. The lowest BCUT2D eigenvalue weighted by atomic mass is 9.82. The Bertz CT molecular complexity index is 486. The Balaban J connectivity index is 2.05. The molecule has 1 heterocycles. The number of likely N-dealkylation sites (tertiary alicyclic amines) is 1. The van der Waals surface area contributed by atoms with E-state index in [0.29, 0.717) is 11.2 Å². The number of piperidine rings is 1. The molecule has 0 bridgehead atoms. The van der Waals surface area contributed by atoms with Crippen molar-refractivity contribution in [2.75, 3.05) is 20.2 Å². The standard InChI is InChI=1S/C16H23NO3/c1-16(2)6-8-17(9-7-16)11-12-4-5-13(15(18)19)14(10-12)20-3/h4-5,10H,6-9,11H2,1-3H3,(H,18,19). The second-order valence-electron chi connectivity index (χ2n) is 6.28. The zero-order chi connectivity index (χ0) is 14.8. The Morgan fingerprint density at radius 3 is 2.55 bits per heavy atom. The van der Waals surface area contributed by atoms with Gasteiger partial charge in [0.2, 0.25) is 0 Å². The number of carbonyl (C=O) groups is 1. The molecular weight excluding hydrogens is 254 g/mol. The monoisotopic (exact) mass is 277 g/mol. The van der Waals surface area contributed by atoms with Crippen LogP contribution in [0, 0.1) is 5.41 Å². The third-order valence-electron chi connectivity index (χ3n) is 4.11. The lowest BCUT2D eigenvalue weighted by Gasteiger charge is -2.37. The minimum Gasteiger partial charge on any atom is -0.496 e. The van der Waals surface area contributed by atoms with Crippen LogP contribution < -0.4 is 4.74 Å². The summed E-state index contributed by atoms with van der Waals surface area (Å²) in [5.74, 6) is -0.513. The van der Waals surface area contributed by atoms with Crippen LogP contribution in [-0.2, 0) is 6.54 Å². The molecule has 0 unspecified atom stereocenters. The van der Waals surface area contributed by atoms with Gasteiger partial charge in [-0.25, -0.2) is 4.79 Å². The van der Waals surface area contributed by atoms with Gasteiger partial charge in [0.1, 0.15) is 11.3 Å². The predicted molar refractivity (Wildman–Crippen MR) is 78.2 cm³/mol. The van der Waals surface area contributed by atoms with Crippen molar-refractivity contribution in [3.63, 3.8) is 0 Å². The number of benzene rings is 1. The average Bonchev–Trinajstić information content (AvgIpc) is 2.40. The molecular formula is C16H23NO3. The summed E-state index contributed by atoms with van der Waals surface area (Å²) in [6, 6.07) is 5.35. The van der Waals surface area contributed by atoms with Gasteiger partial charge in [-0.15, -0.1) is 0 Å². The van der Waals surface area contributed by atoms with Gasteiger partial charge in [-0.2, -0.15) is 0 Å². The highest BCUT2D eigenvalue weighted by molar-refractivity contribution is 5.90. The summed E-state index contributed by atoms with van der Waals surface area (Å²) in [4.78, 5) is 13.5. The maximum Gasteiger partial charge on any atom is 0.339 e. The van der Waals surface area contributed by atoms with E-state index >= 15 is 0 Å². The zero-order valence-electron chi connectivity index (χ0n) is 12.5. The fraction of sp³-hybridized carbons (Fsp3) is 0.562. The zero-order valence-corrected chi connectivity index (χ0v) is 12.5. The molecule has 1 aromatic carbocycles. The van der Waals surface area contributed by atoms with E-state index < -0.39 is 5.97 Å². The van der Waals surface area contributed by atoms with Crippen molar-refractivity contribution in [1.82, 2.24) is 4.90 Å². The van der Waals surface area contributed by atoms with Gasteiger partial charge in [-0.05, 0) is 49.0 Å². The molecule has 4 heteroatoms. The quantitative estimate of drug-likeness (QED) is 0.919. The van der Waals surface area contributed by atoms with Gasteiger partial charge in [-0.3, -0.25) is 4.90 Å². The second kappa shape index (κ2) is 5.83. The first-order valence-corrected chi connectivity index (χ1v) is 7.04. The molecule has 110 valence electrons. The summed E-state index contributed by atoms with van der Waals surface area (Å²) in [6.07, 6.45) is 2.41.